The molecule has 0 amide bonds. The summed E-state index contributed by atoms with van der Waals surface area (Å²) in [6.45, 7) is 0. The molecule has 1 nitrogen and oxygen atoms in total. The van der Waals surface area contributed by atoms with Crippen molar-refractivity contribution in [2.24, 2.45) is 0 Å². The Balaban J connectivity index is 2.29. The fourth-order valence-corrected chi connectivity index (χ4v) is 2.03. The van der Waals surface area contributed by atoms with Crippen LogP contribution < -0.4 is 0 Å². The monoisotopic (exact) mass is 262 g/mol. The van der Waals surface area contributed by atoms with Crippen molar-refractivity contribution in [2.45, 2.75) is 6.16 Å². The molecule has 0 aliphatic heterocycles. The van der Waals surface area contributed by atoms with E-state index in [2.05, 4.69) is 33.5 Å². The summed E-state index contributed by atoms with van der Waals surface area (Å²) in [4.78, 5) is 10.9. The first-order valence-corrected chi connectivity index (χ1v) is 6.49. The van der Waals surface area contributed by atoms with E-state index < -0.39 is 5.24 Å². The molecule has 3 heteroatoms. The van der Waals surface area contributed by atoms with Gasteiger partial charge in [0.15, 0.2) is 0 Å². The Hall–Kier alpha value is -1.17. The fraction of sp³-hybridized carbons (Fsp3) is 0.0714. The van der Waals surface area contributed by atoms with Crippen LogP contribution in [0.3, 0.4) is 0 Å². The normalized spacial score (nSPS) is 10.2. The highest BCUT2D eigenvalue weighted by atomic mass is 35.5. The second-order valence-electron chi connectivity index (χ2n) is 3.75. The van der Waals surface area contributed by atoms with E-state index in [1.165, 1.54) is 5.56 Å². The SMILES string of the molecule is O=C(Cl)c1ccc(-c2ccc(CP)cc2)cc1. The van der Waals surface area contributed by atoms with Gasteiger partial charge in [-0.15, -0.1) is 9.24 Å². The number of rotatable bonds is 3. The van der Waals surface area contributed by atoms with E-state index in [4.69, 9.17) is 11.6 Å². The molecule has 2 aromatic carbocycles. The standard InChI is InChI=1S/C14H12ClOP/c15-14(16)13-7-5-12(6-8-13)11-3-1-10(9-17)2-4-11/h1-8H,9,17H2. The number of benzene rings is 2. The summed E-state index contributed by atoms with van der Waals surface area (Å²) in [6, 6.07) is 15.7. The average molecular weight is 263 g/mol. The molecule has 1 unspecified atom stereocenters. The second-order valence-corrected chi connectivity index (χ2v) is 4.50. The van der Waals surface area contributed by atoms with Crippen LogP contribution in [0.1, 0.15) is 15.9 Å². The molecule has 0 bridgehead atoms. The van der Waals surface area contributed by atoms with Gasteiger partial charge in [0.1, 0.15) is 0 Å². The molecule has 0 spiro atoms. The van der Waals surface area contributed by atoms with Gasteiger partial charge in [-0.1, -0.05) is 36.4 Å². The van der Waals surface area contributed by atoms with Gasteiger partial charge in [-0.2, -0.15) is 0 Å². The molecular formula is C14H12ClOP. The van der Waals surface area contributed by atoms with Gasteiger partial charge in [-0.3, -0.25) is 4.79 Å². The smallest absolute Gasteiger partial charge is 0.252 e. The minimum atomic E-state index is -0.421. The maximum Gasteiger partial charge on any atom is 0.252 e. The lowest BCUT2D eigenvalue weighted by Gasteiger charge is -2.03. The number of hydrogen-bond acceptors (Lipinski definition) is 1. The first-order valence-electron chi connectivity index (χ1n) is 5.30. The van der Waals surface area contributed by atoms with Crippen molar-refractivity contribution in [3.63, 3.8) is 0 Å². The molecular weight excluding hydrogens is 251 g/mol. The summed E-state index contributed by atoms with van der Waals surface area (Å²) < 4.78 is 0. The maximum absolute atomic E-state index is 10.9. The topological polar surface area (TPSA) is 17.1 Å². The number of hydrogen-bond donors (Lipinski definition) is 0. The van der Waals surface area contributed by atoms with Crippen LogP contribution in [0.4, 0.5) is 0 Å². The highest BCUT2D eigenvalue weighted by Crippen LogP contribution is 2.21. The third-order valence-corrected chi connectivity index (χ3v) is 3.32. The van der Waals surface area contributed by atoms with Crippen LogP contribution in [-0.4, -0.2) is 5.24 Å². The third kappa shape index (κ3) is 2.94. The van der Waals surface area contributed by atoms with E-state index in [9.17, 15) is 4.79 Å². The first kappa shape index (κ1) is 12.3. The van der Waals surface area contributed by atoms with Gasteiger partial charge < -0.3 is 0 Å². The lowest BCUT2D eigenvalue weighted by atomic mass is 10.0. The van der Waals surface area contributed by atoms with Crippen LogP contribution in [0, 0.1) is 0 Å². The summed E-state index contributed by atoms with van der Waals surface area (Å²) >= 11 is 5.40. The van der Waals surface area contributed by atoms with Gasteiger partial charge in [0.2, 0.25) is 0 Å². The lowest BCUT2D eigenvalue weighted by Crippen LogP contribution is -1.88. The molecule has 0 aliphatic carbocycles. The summed E-state index contributed by atoms with van der Waals surface area (Å²) in [7, 11) is 2.70. The molecule has 0 N–H and O–H groups in total. The Morgan fingerprint density at radius 3 is 1.82 bits per heavy atom. The van der Waals surface area contributed by atoms with E-state index in [0.29, 0.717) is 5.56 Å². The quantitative estimate of drug-likeness (QED) is 0.601. The van der Waals surface area contributed by atoms with Gasteiger partial charge in [0.05, 0.1) is 0 Å². The van der Waals surface area contributed by atoms with E-state index in [0.717, 1.165) is 17.3 Å². The van der Waals surface area contributed by atoms with Crippen molar-refractivity contribution in [2.75, 3.05) is 0 Å². The van der Waals surface area contributed by atoms with Crippen molar-refractivity contribution in [1.29, 1.82) is 0 Å². The van der Waals surface area contributed by atoms with Crippen molar-refractivity contribution in [1.82, 2.24) is 0 Å². The molecule has 0 saturated heterocycles. The number of carbonyl (C=O) groups excluding carboxylic acids is 1. The van der Waals surface area contributed by atoms with E-state index >= 15 is 0 Å². The lowest BCUT2D eigenvalue weighted by molar-refractivity contribution is 0.108. The first-order chi connectivity index (χ1) is 8.20. The van der Waals surface area contributed by atoms with Crippen LogP contribution in [0.15, 0.2) is 48.5 Å². The molecule has 0 fully saturated rings. The predicted molar refractivity (Wildman–Crippen MR) is 75.5 cm³/mol. The molecule has 86 valence electrons. The van der Waals surface area contributed by atoms with Crippen LogP contribution in [0.5, 0.6) is 0 Å². The predicted octanol–water partition coefficient (Wildman–Crippen LogP) is 4.11. The summed E-state index contributed by atoms with van der Waals surface area (Å²) in [5, 5.41) is -0.421. The average Bonchev–Trinajstić information content (AvgIpc) is 2.39. The maximum atomic E-state index is 10.9. The van der Waals surface area contributed by atoms with E-state index in [1.54, 1.807) is 12.1 Å². The molecule has 1 atom stereocenters. The van der Waals surface area contributed by atoms with Gasteiger partial charge in [-0.05, 0) is 46.6 Å². The molecule has 0 aromatic heterocycles. The minimum absolute atomic E-state index is 0.421. The Morgan fingerprint density at radius 1 is 0.941 bits per heavy atom. The fourth-order valence-electron chi connectivity index (χ4n) is 1.63. The van der Waals surface area contributed by atoms with Gasteiger partial charge >= 0.3 is 0 Å². The highest BCUT2D eigenvalue weighted by molar-refractivity contribution is 7.15. The second kappa shape index (κ2) is 5.44. The van der Waals surface area contributed by atoms with Gasteiger partial charge in [0.25, 0.3) is 5.24 Å². The van der Waals surface area contributed by atoms with E-state index in [-0.39, 0.29) is 0 Å². The molecule has 0 aliphatic rings. The zero-order valence-electron chi connectivity index (χ0n) is 9.19. The largest absolute Gasteiger partial charge is 0.276 e. The van der Waals surface area contributed by atoms with E-state index in [1.807, 2.05) is 12.1 Å². The molecule has 2 aromatic rings. The Kier molecular flexibility index (Phi) is 3.93. The number of halogens is 1. The third-order valence-electron chi connectivity index (χ3n) is 2.63. The Bertz CT molecular complexity index is 517. The summed E-state index contributed by atoms with van der Waals surface area (Å²) in [5.41, 5.74) is 4.03. The summed E-state index contributed by atoms with van der Waals surface area (Å²) in [5.74, 6) is 0. The van der Waals surface area contributed by atoms with Crippen LogP contribution in [-0.2, 0) is 6.16 Å². The molecule has 0 saturated carbocycles. The zero-order chi connectivity index (χ0) is 12.3. The highest BCUT2D eigenvalue weighted by Gasteiger charge is 2.02. The molecule has 0 radical (unpaired) electrons. The van der Waals surface area contributed by atoms with Crippen molar-refractivity contribution in [3.05, 3.63) is 59.7 Å². The van der Waals surface area contributed by atoms with Crippen molar-refractivity contribution < 1.29 is 4.79 Å². The van der Waals surface area contributed by atoms with Gasteiger partial charge in [-0.25, -0.2) is 0 Å². The van der Waals surface area contributed by atoms with Crippen molar-refractivity contribution in [3.8, 4) is 11.1 Å². The Labute approximate surface area is 108 Å². The minimum Gasteiger partial charge on any atom is -0.276 e. The van der Waals surface area contributed by atoms with Gasteiger partial charge in [0, 0.05) is 5.56 Å². The van der Waals surface area contributed by atoms with Crippen LogP contribution in [0.25, 0.3) is 11.1 Å². The zero-order valence-corrected chi connectivity index (χ0v) is 11.1. The molecule has 0 heterocycles. The Morgan fingerprint density at radius 2 is 1.41 bits per heavy atom. The summed E-state index contributed by atoms with van der Waals surface area (Å²) in [6.07, 6.45) is 0.958. The molecule has 17 heavy (non-hydrogen) atoms. The number of carbonyl (C=O) groups is 1. The van der Waals surface area contributed by atoms with Crippen LogP contribution >= 0.6 is 20.8 Å². The van der Waals surface area contributed by atoms with Crippen molar-refractivity contribution >= 4 is 26.1 Å². The molecule has 2 rings (SSSR count). The van der Waals surface area contributed by atoms with Crippen LogP contribution in [0.2, 0.25) is 0 Å².